The molecule has 0 aliphatic carbocycles. The zero-order chi connectivity index (χ0) is 16.4. The van der Waals surface area contributed by atoms with Crippen LogP contribution in [0.2, 0.25) is 0 Å². The molecule has 1 atom stereocenters. The number of aromatic nitrogens is 2. The van der Waals surface area contributed by atoms with Gasteiger partial charge in [0.05, 0.1) is 11.9 Å². The SMILES string of the molecule is CCCS(=O)(=O)c1cnc(C2COc3ccccc3O2)nc1N. The third kappa shape index (κ3) is 3.07. The van der Waals surface area contributed by atoms with Gasteiger partial charge in [0, 0.05) is 0 Å². The van der Waals surface area contributed by atoms with Crippen molar-refractivity contribution in [2.24, 2.45) is 0 Å². The van der Waals surface area contributed by atoms with E-state index in [9.17, 15) is 8.42 Å². The molecule has 0 spiro atoms. The van der Waals surface area contributed by atoms with Gasteiger partial charge in [-0.2, -0.15) is 0 Å². The van der Waals surface area contributed by atoms with Crippen molar-refractivity contribution in [3.8, 4) is 11.5 Å². The number of ether oxygens (including phenoxy) is 2. The maximum absolute atomic E-state index is 12.1. The molecule has 8 heteroatoms. The molecule has 0 saturated carbocycles. The summed E-state index contributed by atoms with van der Waals surface area (Å²) < 4.78 is 35.6. The topological polar surface area (TPSA) is 104 Å². The molecule has 0 fully saturated rings. The number of anilines is 1. The highest BCUT2D eigenvalue weighted by Gasteiger charge is 2.27. The Morgan fingerprint density at radius 1 is 1.30 bits per heavy atom. The molecule has 0 radical (unpaired) electrons. The van der Waals surface area contributed by atoms with E-state index in [4.69, 9.17) is 15.2 Å². The van der Waals surface area contributed by atoms with Gasteiger partial charge in [-0.15, -0.1) is 0 Å². The van der Waals surface area contributed by atoms with Crippen LogP contribution >= 0.6 is 0 Å². The van der Waals surface area contributed by atoms with E-state index in [2.05, 4.69) is 9.97 Å². The minimum atomic E-state index is -3.46. The van der Waals surface area contributed by atoms with Crippen LogP contribution in [0, 0.1) is 0 Å². The molecule has 1 aliphatic heterocycles. The van der Waals surface area contributed by atoms with Crippen molar-refractivity contribution < 1.29 is 17.9 Å². The lowest BCUT2D eigenvalue weighted by atomic mass is 10.2. The minimum absolute atomic E-state index is 0.0102. The average molecular weight is 335 g/mol. The summed E-state index contributed by atoms with van der Waals surface area (Å²) in [4.78, 5) is 8.17. The van der Waals surface area contributed by atoms with Gasteiger partial charge in [0.1, 0.15) is 17.3 Å². The van der Waals surface area contributed by atoms with E-state index < -0.39 is 15.9 Å². The quantitative estimate of drug-likeness (QED) is 0.907. The molecule has 3 rings (SSSR count). The van der Waals surface area contributed by atoms with E-state index in [0.29, 0.717) is 23.7 Å². The second-order valence-corrected chi connectivity index (χ2v) is 7.24. The molecule has 1 aromatic carbocycles. The zero-order valence-corrected chi connectivity index (χ0v) is 13.4. The summed E-state index contributed by atoms with van der Waals surface area (Å²) in [5.41, 5.74) is 5.81. The van der Waals surface area contributed by atoms with Crippen LogP contribution in [0.1, 0.15) is 25.3 Å². The summed E-state index contributed by atoms with van der Waals surface area (Å²) in [6, 6.07) is 7.27. The van der Waals surface area contributed by atoms with Crippen molar-refractivity contribution in [3.05, 3.63) is 36.3 Å². The largest absolute Gasteiger partial charge is 0.485 e. The molecule has 2 aromatic rings. The molecule has 122 valence electrons. The van der Waals surface area contributed by atoms with Crippen molar-refractivity contribution in [2.75, 3.05) is 18.1 Å². The fourth-order valence-electron chi connectivity index (χ4n) is 2.32. The van der Waals surface area contributed by atoms with Crippen LogP contribution in [0.25, 0.3) is 0 Å². The second kappa shape index (κ2) is 6.04. The highest BCUT2D eigenvalue weighted by atomic mass is 32.2. The third-order valence-corrected chi connectivity index (χ3v) is 5.34. The van der Waals surface area contributed by atoms with Crippen LogP contribution in [-0.2, 0) is 9.84 Å². The van der Waals surface area contributed by atoms with E-state index in [-0.39, 0.29) is 23.1 Å². The molecule has 0 bridgehead atoms. The number of hydrogen-bond acceptors (Lipinski definition) is 7. The van der Waals surface area contributed by atoms with Gasteiger partial charge in [-0.25, -0.2) is 18.4 Å². The Labute approximate surface area is 134 Å². The lowest BCUT2D eigenvalue weighted by Gasteiger charge is -2.25. The van der Waals surface area contributed by atoms with Gasteiger partial charge in [-0.1, -0.05) is 19.1 Å². The standard InChI is InChI=1S/C15H17N3O4S/c1-2-7-23(19,20)13-8-17-15(18-14(13)16)12-9-21-10-5-3-4-6-11(10)22-12/h3-6,8,12H,2,7,9H2,1H3,(H2,16,17,18). The van der Waals surface area contributed by atoms with E-state index in [1.165, 1.54) is 6.20 Å². The fourth-order valence-corrected chi connectivity index (χ4v) is 3.65. The Morgan fingerprint density at radius 2 is 2.04 bits per heavy atom. The Morgan fingerprint density at radius 3 is 2.74 bits per heavy atom. The predicted molar refractivity (Wildman–Crippen MR) is 84.1 cm³/mol. The first-order chi connectivity index (χ1) is 11.0. The predicted octanol–water partition coefficient (Wildman–Crippen LogP) is 1.75. The van der Waals surface area contributed by atoms with Crippen LogP contribution in [-0.4, -0.2) is 30.7 Å². The number of para-hydroxylation sites is 2. The van der Waals surface area contributed by atoms with Gasteiger partial charge in [0.2, 0.25) is 0 Å². The molecule has 23 heavy (non-hydrogen) atoms. The normalized spacial score (nSPS) is 17.0. The van der Waals surface area contributed by atoms with Gasteiger partial charge < -0.3 is 15.2 Å². The van der Waals surface area contributed by atoms with Crippen LogP contribution in [0.3, 0.4) is 0 Å². The van der Waals surface area contributed by atoms with Crippen LogP contribution in [0.5, 0.6) is 11.5 Å². The molecule has 0 saturated heterocycles. The molecule has 0 amide bonds. The monoisotopic (exact) mass is 335 g/mol. The van der Waals surface area contributed by atoms with Gasteiger partial charge in [0.15, 0.2) is 33.3 Å². The van der Waals surface area contributed by atoms with Crippen molar-refractivity contribution in [3.63, 3.8) is 0 Å². The summed E-state index contributed by atoms with van der Waals surface area (Å²) >= 11 is 0. The molecule has 1 unspecified atom stereocenters. The molecule has 2 N–H and O–H groups in total. The molecular formula is C15H17N3O4S. The summed E-state index contributed by atoms with van der Waals surface area (Å²) in [5, 5.41) is 0. The first kappa shape index (κ1) is 15.5. The number of nitrogens with zero attached hydrogens (tertiary/aromatic N) is 2. The smallest absolute Gasteiger partial charge is 0.192 e. The Balaban J connectivity index is 1.87. The van der Waals surface area contributed by atoms with E-state index in [1.54, 1.807) is 19.1 Å². The number of nitrogen functional groups attached to an aromatic ring is 1. The third-order valence-electron chi connectivity index (χ3n) is 3.41. The van der Waals surface area contributed by atoms with E-state index in [0.717, 1.165) is 0 Å². The van der Waals surface area contributed by atoms with Gasteiger partial charge >= 0.3 is 0 Å². The van der Waals surface area contributed by atoms with Crippen LogP contribution in [0.4, 0.5) is 5.82 Å². The maximum atomic E-state index is 12.1. The lowest BCUT2D eigenvalue weighted by Crippen LogP contribution is -2.24. The maximum Gasteiger partial charge on any atom is 0.192 e. The Hall–Kier alpha value is -2.35. The average Bonchev–Trinajstić information content (AvgIpc) is 2.54. The van der Waals surface area contributed by atoms with E-state index >= 15 is 0 Å². The Bertz CT molecular complexity index is 823. The molecule has 1 aromatic heterocycles. The van der Waals surface area contributed by atoms with Crippen LogP contribution < -0.4 is 15.2 Å². The number of sulfone groups is 1. The molecule has 7 nitrogen and oxygen atoms in total. The highest BCUT2D eigenvalue weighted by molar-refractivity contribution is 7.91. The first-order valence-electron chi connectivity index (χ1n) is 7.25. The summed E-state index contributed by atoms with van der Waals surface area (Å²) in [6.45, 7) is 2.02. The fraction of sp³-hybridized carbons (Fsp3) is 0.333. The van der Waals surface area contributed by atoms with Gasteiger partial charge in [-0.3, -0.25) is 0 Å². The summed E-state index contributed by atoms with van der Waals surface area (Å²) in [7, 11) is -3.46. The summed E-state index contributed by atoms with van der Waals surface area (Å²) in [6.07, 6.45) is 1.21. The number of benzene rings is 1. The lowest BCUT2D eigenvalue weighted by molar-refractivity contribution is 0.0850. The number of nitrogens with two attached hydrogens (primary N) is 1. The van der Waals surface area contributed by atoms with Gasteiger partial charge in [-0.05, 0) is 18.6 Å². The second-order valence-electron chi connectivity index (χ2n) is 5.16. The number of hydrogen-bond donors (Lipinski definition) is 1. The zero-order valence-electron chi connectivity index (χ0n) is 12.6. The van der Waals surface area contributed by atoms with Crippen molar-refractivity contribution >= 4 is 15.7 Å². The molecule has 2 heterocycles. The molecule has 1 aliphatic rings. The number of rotatable bonds is 4. The molecular weight excluding hydrogens is 318 g/mol. The summed E-state index contributed by atoms with van der Waals surface area (Å²) in [5.74, 6) is 1.49. The van der Waals surface area contributed by atoms with Crippen molar-refractivity contribution in [2.45, 2.75) is 24.3 Å². The van der Waals surface area contributed by atoms with Crippen LogP contribution in [0.15, 0.2) is 35.4 Å². The van der Waals surface area contributed by atoms with Gasteiger partial charge in [0.25, 0.3) is 0 Å². The first-order valence-corrected chi connectivity index (χ1v) is 8.90. The minimum Gasteiger partial charge on any atom is -0.485 e. The van der Waals surface area contributed by atoms with E-state index in [1.807, 2.05) is 12.1 Å². The van der Waals surface area contributed by atoms with Crippen molar-refractivity contribution in [1.29, 1.82) is 0 Å². The highest BCUT2D eigenvalue weighted by Crippen LogP contribution is 2.35. The number of fused-ring (bicyclic) bond motifs is 1. The Kier molecular flexibility index (Phi) is 4.08. The van der Waals surface area contributed by atoms with Crippen molar-refractivity contribution in [1.82, 2.24) is 9.97 Å².